The number of hydrogen-bond acceptors (Lipinski definition) is 2. The van der Waals surface area contributed by atoms with Crippen molar-refractivity contribution in [1.82, 2.24) is 4.90 Å². The molecule has 0 aromatic heterocycles. The molecule has 0 aliphatic rings. The maximum Gasteiger partial charge on any atom is 0.263 e. The van der Waals surface area contributed by atoms with E-state index in [2.05, 4.69) is 6.92 Å². The van der Waals surface area contributed by atoms with Gasteiger partial charge in [-0.1, -0.05) is 25.1 Å². The summed E-state index contributed by atoms with van der Waals surface area (Å²) >= 11 is 0. The number of benzene rings is 1. The maximum atomic E-state index is 12.1. The highest BCUT2D eigenvalue weighted by Crippen LogP contribution is 2.20. The molecule has 3 heteroatoms. The molecular weight excluding hydrogens is 226 g/mol. The summed E-state index contributed by atoms with van der Waals surface area (Å²) in [5.74, 6) is 0.860. The number of nitrogens with zero attached hydrogens (tertiary/aromatic N) is 1. The summed E-state index contributed by atoms with van der Waals surface area (Å²) in [6.45, 7) is 9.30. The van der Waals surface area contributed by atoms with Crippen molar-refractivity contribution < 1.29 is 9.53 Å². The van der Waals surface area contributed by atoms with Crippen LogP contribution in [0.2, 0.25) is 0 Å². The van der Waals surface area contributed by atoms with E-state index in [4.69, 9.17) is 4.74 Å². The zero-order chi connectivity index (χ0) is 13.5. The lowest BCUT2D eigenvalue weighted by Crippen LogP contribution is -2.40. The predicted octanol–water partition coefficient (Wildman–Crippen LogP) is 2.88. The first kappa shape index (κ1) is 14.6. The summed E-state index contributed by atoms with van der Waals surface area (Å²) in [6.07, 6.45) is 0.472. The summed E-state index contributed by atoms with van der Waals surface area (Å²) in [4.78, 5) is 13.9. The van der Waals surface area contributed by atoms with Gasteiger partial charge in [0.05, 0.1) is 0 Å². The molecule has 1 aromatic carbocycles. The van der Waals surface area contributed by atoms with Gasteiger partial charge in [0.15, 0.2) is 6.10 Å². The molecular formula is C15H23NO2. The fourth-order valence-electron chi connectivity index (χ4n) is 1.94. The number of rotatable bonds is 6. The lowest BCUT2D eigenvalue weighted by atomic mass is 10.1. The van der Waals surface area contributed by atoms with Crippen molar-refractivity contribution in [2.75, 3.05) is 13.1 Å². The Kier molecular flexibility index (Phi) is 5.69. The molecule has 0 N–H and O–H groups in total. The Labute approximate surface area is 110 Å². The number of likely N-dealkylation sites (N-methyl/N-ethyl adjacent to an activating group) is 1. The van der Waals surface area contributed by atoms with Crippen LogP contribution in [0.25, 0.3) is 0 Å². The smallest absolute Gasteiger partial charge is 0.263 e. The van der Waals surface area contributed by atoms with E-state index >= 15 is 0 Å². The number of hydrogen-bond donors (Lipinski definition) is 0. The second kappa shape index (κ2) is 7.04. The van der Waals surface area contributed by atoms with Gasteiger partial charge in [-0.3, -0.25) is 4.79 Å². The molecule has 1 unspecified atom stereocenters. The van der Waals surface area contributed by atoms with Crippen LogP contribution in [0.5, 0.6) is 5.75 Å². The van der Waals surface area contributed by atoms with Gasteiger partial charge in [-0.25, -0.2) is 0 Å². The molecule has 0 spiro atoms. The highest BCUT2D eigenvalue weighted by molar-refractivity contribution is 5.80. The van der Waals surface area contributed by atoms with Crippen molar-refractivity contribution in [2.45, 2.75) is 40.2 Å². The summed E-state index contributed by atoms with van der Waals surface area (Å²) in [7, 11) is 0. The van der Waals surface area contributed by atoms with E-state index < -0.39 is 6.10 Å². The fraction of sp³-hybridized carbons (Fsp3) is 0.533. The second-order valence-corrected chi connectivity index (χ2v) is 4.23. The van der Waals surface area contributed by atoms with E-state index in [1.165, 1.54) is 0 Å². The molecule has 0 fully saturated rings. The van der Waals surface area contributed by atoms with Gasteiger partial charge < -0.3 is 9.64 Å². The number of amides is 1. The van der Waals surface area contributed by atoms with Crippen LogP contribution in [0, 0.1) is 0 Å². The minimum absolute atomic E-state index is 0.0471. The predicted molar refractivity (Wildman–Crippen MR) is 73.8 cm³/mol. The van der Waals surface area contributed by atoms with Crippen LogP contribution in [0.4, 0.5) is 0 Å². The fourth-order valence-corrected chi connectivity index (χ4v) is 1.94. The zero-order valence-corrected chi connectivity index (χ0v) is 11.8. The molecule has 0 bridgehead atoms. The number of aryl methyl sites for hydroxylation is 1. The monoisotopic (exact) mass is 249 g/mol. The van der Waals surface area contributed by atoms with E-state index in [-0.39, 0.29) is 5.91 Å². The van der Waals surface area contributed by atoms with Gasteiger partial charge in [0.2, 0.25) is 0 Å². The second-order valence-electron chi connectivity index (χ2n) is 4.23. The van der Waals surface area contributed by atoms with Gasteiger partial charge in [0.1, 0.15) is 5.75 Å². The van der Waals surface area contributed by atoms with Gasteiger partial charge in [-0.2, -0.15) is 0 Å². The van der Waals surface area contributed by atoms with Crippen molar-refractivity contribution in [2.24, 2.45) is 0 Å². The first-order valence-corrected chi connectivity index (χ1v) is 6.67. The number of para-hydroxylation sites is 1. The Bertz CT molecular complexity index is 386. The van der Waals surface area contributed by atoms with E-state index in [1.54, 1.807) is 4.90 Å². The molecule has 0 heterocycles. The van der Waals surface area contributed by atoms with Crippen molar-refractivity contribution in [1.29, 1.82) is 0 Å². The van der Waals surface area contributed by atoms with Crippen LogP contribution in [0.1, 0.15) is 33.3 Å². The quantitative estimate of drug-likeness (QED) is 0.776. The molecule has 3 nitrogen and oxygen atoms in total. The van der Waals surface area contributed by atoms with Gasteiger partial charge in [0, 0.05) is 13.1 Å². The van der Waals surface area contributed by atoms with E-state index in [0.717, 1.165) is 30.8 Å². The van der Waals surface area contributed by atoms with Crippen molar-refractivity contribution in [3.8, 4) is 5.75 Å². The first-order valence-electron chi connectivity index (χ1n) is 6.67. The Balaban J connectivity index is 2.74. The Morgan fingerprint density at radius 1 is 1.22 bits per heavy atom. The average Bonchev–Trinajstić information content (AvgIpc) is 2.40. The molecule has 0 aliphatic carbocycles. The molecule has 18 heavy (non-hydrogen) atoms. The average molecular weight is 249 g/mol. The molecule has 1 amide bonds. The number of ether oxygens (including phenoxy) is 1. The Morgan fingerprint density at radius 2 is 1.83 bits per heavy atom. The summed E-state index contributed by atoms with van der Waals surface area (Å²) in [6, 6.07) is 7.88. The minimum Gasteiger partial charge on any atom is -0.481 e. The van der Waals surface area contributed by atoms with Gasteiger partial charge >= 0.3 is 0 Å². The molecule has 1 aromatic rings. The highest BCUT2D eigenvalue weighted by atomic mass is 16.5. The lowest BCUT2D eigenvalue weighted by molar-refractivity contribution is -0.137. The zero-order valence-electron chi connectivity index (χ0n) is 11.8. The van der Waals surface area contributed by atoms with Crippen molar-refractivity contribution >= 4 is 5.91 Å². The molecule has 0 saturated carbocycles. The topological polar surface area (TPSA) is 29.5 Å². The molecule has 0 saturated heterocycles. The largest absolute Gasteiger partial charge is 0.481 e. The number of carbonyl (C=O) groups is 1. The Morgan fingerprint density at radius 3 is 2.39 bits per heavy atom. The van der Waals surface area contributed by atoms with E-state index in [0.29, 0.717) is 0 Å². The standard InChI is InChI=1S/C15H23NO2/c1-5-13-10-8-9-11-14(13)18-12(4)15(17)16(6-2)7-3/h8-12H,5-7H2,1-4H3. The maximum absolute atomic E-state index is 12.1. The van der Waals surface area contributed by atoms with Crippen LogP contribution < -0.4 is 4.74 Å². The third-order valence-electron chi connectivity index (χ3n) is 3.08. The van der Waals surface area contributed by atoms with E-state index in [1.807, 2.05) is 45.0 Å². The molecule has 0 aliphatic heterocycles. The van der Waals surface area contributed by atoms with Gasteiger partial charge in [-0.15, -0.1) is 0 Å². The minimum atomic E-state index is -0.433. The molecule has 100 valence electrons. The SMILES string of the molecule is CCc1ccccc1OC(C)C(=O)N(CC)CC. The van der Waals surface area contributed by atoms with Crippen molar-refractivity contribution in [3.05, 3.63) is 29.8 Å². The van der Waals surface area contributed by atoms with Gasteiger partial charge in [0.25, 0.3) is 5.91 Å². The highest BCUT2D eigenvalue weighted by Gasteiger charge is 2.20. The third-order valence-corrected chi connectivity index (χ3v) is 3.08. The summed E-state index contributed by atoms with van der Waals surface area (Å²) in [5, 5.41) is 0. The molecule has 0 radical (unpaired) electrons. The van der Waals surface area contributed by atoms with Crippen LogP contribution in [0.15, 0.2) is 24.3 Å². The number of carbonyl (C=O) groups excluding carboxylic acids is 1. The molecule has 1 rings (SSSR count). The first-order chi connectivity index (χ1) is 8.63. The van der Waals surface area contributed by atoms with Crippen LogP contribution in [-0.4, -0.2) is 30.0 Å². The lowest BCUT2D eigenvalue weighted by Gasteiger charge is -2.24. The van der Waals surface area contributed by atoms with Crippen molar-refractivity contribution in [3.63, 3.8) is 0 Å². The van der Waals surface area contributed by atoms with Gasteiger partial charge in [-0.05, 0) is 38.8 Å². The molecule has 1 atom stereocenters. The normalized spacial score (nSPS) is 12.0. The summed E-state index contributed by atoms with van der Waals surface area (Å²) < 4.78 is 5.79. The Hall–Kier alpha value is -1.51. The van der Waals surface area contributed by atoms with E-state index in [9.17, 15) is 4.79 Å². The van der Waals surface area contributed by atoms with Crippen LogP contribution in [-0.2, 0) is 11.2 Å². The van der Waals surface area contributed by atoms with Crippen LogP contribution in [0.3, 0.4) is 0 Å². The summed E-state index contributed by atoms with van der Waals surface area (Å²) in [5.41, 5.74) is 1.14. The third kappa shape index (κ3) is 3.49. The van der Waals surface area contributed by atoms with Crippen LogP contribution >= 0.6 is 0 Å².